The molecule has 2 aromatic rings. The van der Waals surface area contributed by atoms with Gasteiger partial charge in [-0.15, -0.1) is 0 Å². The number of aromatic nitrogens is 1. The van der Waals surface area contributed by atoms with Crippen molar-refractivity contribution in [3.05, 3.63) is 35.5 Å². The number of carbonyl (C=O) groups is 1. The Labute approximate surface area is 99.1 Å². The lowest BCUT2D eigenvalue weighted by Crippen LogP contribution is -2.05. The molecule has 0 saturated heterocycles. The van der Waals surface area contributed by atoms with Gasteiger partial charge in [-0.25, -0.2) is 4.79 Å². The van der Waals surface area contributed by atoms with Crippen molar-refractivity contribution in [2.75, 3.05) is 0 Å². The average Bonchev–Trinajstić information content (AvgIpc) is 2.65. The van der Waals surface area contributed by atoms with E-state index in [2.05, 4.69) is 0 Å². The van der Waals surface area contributed by atoms with Gasteiger partial charge in [0.1, 0.15) is 0 Å². The molecule has 4 heteroatoms. The van der Waals surface area contributed by atoms with Gasteiger partial charge >= 0.3 is 5.97 Å². The molecular formula is C13H15NO3. The van der Waals surface area contributed by atoms with E-state index in [1.54, 1.807) is 18.2 Å². The Morgan fingerprint density at radius 1 is 1.35 bits per heavy atom. The zero-order valence-corrected chi connectivity index (χ0v) is 9.84. The molecule has 1 heterocycles. The number of aliphatic hydroxyl groups is 1. The minimum absolute atomic E-state index is 0.0464. The Morgan fingerprint density at radius 2 is 2.06 bits per heavy atom. The quantitative estimate of drug-likeness (QED) is 0.855. The number of rotatable bonds is 3. The number of hydrogen-bond acceptors (Lipinski definition) is 2. The van der Waals surface area contributed by atoms with Crippen molar-refractivity contribution in [1.29, 1.82) is 0 Å². The molecule has 90 valence electrons. The fourth-order valence-electron chi connectivity index (χ4n) is 2.16. The summed E-state index contributed by atoms with van der Waals surface area (Å²) in [6.45, 7) is 4.02. The van der Waals surface area contributed by atoms with Crippen LogP contribution in [0.25, 0.3) is 10.9 Å². The van der Waals surface area contributed by atoms with Gasteiger partial charge in [-0.1, -0.05) is 0 Å². The van der Waals surface area contributed by atoms with E-state index >= 15 is 0 Å². The first kappa shape index (κ1) is 11.7. The van der Waals surface area contributed by atoms with Gasteiger partial charge < -0.3 is 14.8 Å². The molecule has 2 rings (SSSR count). The van der Waals surface area contributed by atoms with Crippen LogP contribution in [0, 0.1) is 0 Å². The van der Waals surface area contributed by atoms with Crippen LogP contribution < -0.4 is 0 Å². The molecule has 0 aliphatic rings. The molecule has 0 amide bonds. The second-order valence-corrected chi connectivity index (χ2v) is 4.34. The summed E-state index contributed by atoms with van der Waals surface area (Å²) in [6, 6.07) is 7.07. The van der Waals surface area contributed by atoms with Crippen LogP contribution in [-0.4, -0.2) is 20.7 Å². The minimum atomic E-state index is -0.935. The van der Waals surface area contributed by atoms with Crippen LogP contribution >= 0.6 is 0 Å². The van der Waals surface area contributed by atoms with Crippen molar-refractivity contribution in [2.45, 2.75) is 26.5 Å². The van der Waals surface area contributed by atoms with Gasteiger partial charge in [0.05, 0.1) is 12.2 Å². The van der Waals surface area contributed by atoms with Crippen molar-refractivity contribution < 1.29 is 15.0 Å². The maximum atomic E-state index is 10.9. The van der Waals surface area contributed by atoms with Crippen molar-refractivity contribution in [1.82, 2.24) is 4.57 Å². The lowest BCUT2D eigenvalue weighted by atomic mass is 10.1. The van der Waals surface area contributed by atoms with E-state index in [-0.39, 0.29) is 18.2 Å². The van der Waals surface area contributed by atoms with Gasteiger partial charge in [0.15, 0.2) is 0 Å². The Morgan fingerprint density at radius 3 is 2.59 bits per heavy atom. The van der Waals surface area contributed by atoms with Crippen molar-refractivity contribution in [2.24, 2.45) is 0 Å². The van der Waals surface area contributed by atoms with Gasteiger partial charge in [0.25, 0.3) is 0 Å². The SMILES string of the molecule is CC(C)n1c(CO)cc2cc(C(=O)O)ccc21. The summed E-state index contributed by atoms with van der Waals surface area (Å²) < 4.78 is 2.01. The number of fused-ring (bicyclic) bond motifs is 1. The fraction of sp³-hybridized carbons (Fsp3) is 0.308. The van der Waals surface area contributed by atoms with E-state index < -0.39 is 5.97 Å². The monoisotopic (exact) mass is 233 g/mol. The van der Waals surface area contributed by atoms with E-state index in [1.807, 2.05) is 24.5 Å². The molecule has 4 nitrogen and oxygen atoms in total. The highest BCUT2D eigenvalue weighted by Gasteiger charge is 2.12. The average molecular weight is 233 g/mol. The molecule has 2 N–H and O–H groups in total. The highest BCUT2D eigenvalue weighted by molar-refractivity contribution is 5.94. The summed E-state index contributed by atoms with van der Waals surface area (Å²) in [5, 5.41) is 19.1. The fourth-order valence-corrected chi connectivity index (χ4v) is 2.16. The largest absolute Gasteiger partial charge is 0.478 e. The van der Waals surface area contributed by atoms with Crippen LogP contribution in [0.5, 0.6) is 0 Å². The Bertz CT molecular complexity index is 569. The molecule has 0 unspecified atom stereocenters. The lowest BCUT2D eigenvalue weighted by molar-refractivity contribution is 0.0697. The molecule has 1 aromatic carbocycles. The minimum Gasteiger partial charge on any atom is -0.478 e. The topological polar surface area (TPSA) is 62.5 Å². The van der Waals surface area contributed by atoms with Crippen LogP contribution in [0.1, 0.15) is 35.9 Å². The first-order valence-corrected chi connectivity index (χ1v) is 5.52. The highest BCUT2D eigenvalue weighted by atomic mass is 16.4. The summed E-state index contributed by atoms with van der Waals surface area (Å²) >= 11 is 0. The maximum absolute atomic E-state index is 10.9. The van der Waals surface area contributed by atoms with E-state index in [4.69, 9.17) is 5.11 Å². The molecule has 17 heavy (non-hydrogen) atoms. The summed E-state index contributed by atoms with van der Waals surface area (Å²) in [7, 11) is 0. The molecule has 0 radical (unpaired) electrons. The van der Waals surface area contributed by atoms with Gasteiger partial charge in [-0.2, -0.15) is 0 Å². The predicted molar refractivity (Wildman–Crippen MR) is 65.2 cm³/mol. The Balaban J connectivity index is 2.69. The van der Waals surface area contributed by atoms with E-state index in [0.717, 1.165) is 16.6 Å². The summed E-state index contributed by atoms with van der Waals surface area (Å²) in [4.78, 5) is 10.9. The Kier molecular flexibility index (Phi) is 2.90. The summed E-state index contributed by atoms with van der Waals surface area (Å²) in [6.07, 6.45) is 0. The molecule has 0 aliphatic heterocycles. The number of carboxylic acid groups (broad SMARTS) is 1. The molecule has 0 fully saturated rings. The number of nitrogens with zero attached hydrogens (tertiary/aromatic N) is 1. The van der Waals surface area contributed by atoms with Gasteiger partial charge in [-0.05, 0) is 38.1 Å². The second-order valence-electron chi connectivity index (χ2n) is 4.34. The third-order valence-corrected chi connectivity index (χ3v) is 2.84. The van der Waals surface area contributed by atoms with Crippen LogP contribution in [0.15, 0.2) is 24.3 Å². The van der Waals surface area contributed by atoms with Crippen molar-refractivity contribution in [3.8, 4) is 0 Å². The zero-order valence-electron chi connectivity index (χ0n) is 9.84. The van der Waals surface area contributed by atoms with Crippen molar-refractivity contribution >= 4 is 16.9 Å². The normalized spacial score (nSPS) is 11.3. The van der Waals surface area contributed by atoms with Gasteiger partial charge in [-0.3, -0.25) is 0 Å². The van der Waals surface area contributed by atoms with Crippen molar-refractivity contribution in [3.63, 3.8) is 0 Å². The predicted octanol–water partition coefficient (Wildman–Crippen LogP) is 2.41. The first-order valence-electron chi connectivity index (χ1n) is 5.52. The van der Waals surface area contributed by atoms with E-state index in [1.165, 1.54) is 0 Å². The lowest BCUT2D eigenvalue weighted by Gasteiger charge is -2.13. The molecule has 0 saturated carbocycles. The van der Waals surface area contributed by atoms with Crippen LogP contribution in [0.3, 0.4) is 0 Å². The number of hydrogen-bond donors (Lipinski definition) is 2. The van der Waals surface area contributed by atoms with Crippen LogP contribution in [-0.2, 0) is 6.61 Å². The first-order chi connectivity index (χ1) is 8.04. The van der Waals surface area contributed by atoms with E-state index in [0.29, 0.717) is 0 Å². The summed E-state index contributed by atoms with van der Waals surface area (Å²) in [5.74, 6) is -0.935. The molecular weight excluding hydrogens is 218 g/mol. The smallest absolute Gasteiger partial charge is 0.335 e. The molecule has 1 aromatic heterocycles. The maximum Gasteiger partial charge on any atom is 0.335 e. The number of aliphatic hydroxyl groups excluding tert-OH is 1. The summed E-state index contributed by atoms with van der Waals surface area (Å²) in [5.41, 5.74) is 2.02. The molecule has 0 spiro atoms. The molecule has 0 bridgehead atoms. The number of aromatic carboxylic acids is 1. The second kappa shape index (κ2) is 4.22. The van der Waals surface area contributed by atoms with E-state index in [9.17, 15) is 9.90 Å². The molecule has 0 aliphatic carbocycles. The zero-order chi connectivity index (χ0) is 12.6. The van der Waals surface area contributed by atoms with Gasteiger partial charge in [0.2, 0.25) is 0 Å². The number of carboxylic acids is 1. The van der Waals surface area contributed by atoms with Gasteiger partial charge in [0, 0.05) is 22.6 Å². The highest BCUT2D eigenvalue weighted by Crippen LogP contribution is 2.25. The standard InChI is InChI=1S/C13H15NO3/c1-8(2)14-11(7-15)6-10-5-9(13(16)17)3-4-12(10)14/h3-6,8,15H,7H2,1-2H3,(H,16,17). The third-order valence-electron chi connectivity index (χ3n) is 2.84. The number of benzene rings is 1. The third kappa shape index (κ3) is 1.91. The van der Waals surface area contributed by atoms with Crippen LogP contribution in [0.2, 0.25) is 0 Å². The molecule has 0 atom stereocenters. The Hall–Kier alpha value is -1.81. The van der Waals surface area contributed by atoms with Crippen LogP contribution in [0.4, 0.5) is 0 Å².